The zero-order valence-corrected chi connectivity index (χ0v) is 18.2. The molecule has 9 heteroatoms. The summed E-state index contributed by atoms with van der Waals surface area (Å²) < 4.78 is 12.5. The first-order valence-electron chi connectivity index (χ1n) is 10.1. The molecule has 4 aromatic rings. The van der Waals surface area contributed by atoms with Crippen molar-refractivity contribution in [2.75, 3.05) is 17.7 Å². The van der Waals surface area contributed by atoms with Crippen LogP contribution in [0.5, 0.6) is 5.75 Å². The van der Waals surface area contributed by atoms with E-state index in [2.05, 4.69) is 20.7 Å². The number of nitrogens with one attached hydrogen (secondary N) is 2. The van der Waals surface area contributed by atoms with E-state index >= 15 is 0 Å². The van der Waals surface area contributed by atoms with Crippen LogP contribution in [0.3, 0.4) is 0 Å². The predicted molar refractivity (Wildman–Crippen MR) is 121 cm³/mol. The lowest BCUT2D eigenvalue weighted by Gasteiger charge is -2.13. The summed E-state index contributed by atoms with van der Waals surface area (Å²) in [6.07, 6.45) is 3.20. The largest absolute Gasteiger partial charge is 0.495 e. The fraction of sp³-hybridized carbons (Fsp3) is 0.217. The van der Waals surface area contributed by atoms with Crippen molar-refractivity contribution in [3.8, 4) is 17.2 Å². The third-order valence-corrected chi connectivity index (χ3v) is 4.84. The maximum Gasteiger partial charge on any atom is 0.256 e. The lowest BCUT2D eigenvalue weighted by Crippen LogP contribution is -2.14. The van der Waals surface area contributed by atoms with Gasteiger partial charge < -0.3 is 19.8 Å². The van der Waals surface area contributed by atoms with Crippen LogP contribution < -0.4 is 15.4 Å². The normalized spacial score (nSPS) is 11.0. The number of hydrogen-bond donors (Lipinski definition) is 2. The first-order chi connectivity index (χ1) is 15.4. The molecule has 0 spiro atoms. The molecule has 3 heterocycles. The summed E-state index contributed by atoms with van der Waals surface area (Å²) in [5.41, 5.74) is 2.49. The number of carbonyl (C=O) groups excluding carboxylic acids is 2. The Hall–Kier alpha value is -4.14. The van der Waals surface area contributed by atoms with E-state index in [0.717, 1.165) is 0 Å². The Kier molecular flexibility index (Phi) is 5.63. The molecule has 0 saturated heterocycles. The fourth-order valence-corrected chi connectivity index (χ4v) is 3.41. The summed E-state index contributed by atoms with van der Waals surface area (Å²) in [4.78, 5) is 29.5. The van der Waals surface area contributed by atoms with Crippen LogP contribution in [0.15, 0.2) is 53.3 Å². The van der Waals surface area contributed by atoms with Crippen LogP contribution in [-0.4, -0.2) is 33.7 Å². The average molecular weight is 433 g/mol. The van der Waals surface area contributed by atoms with Gasteiger partial charge in [0, 0.05) is 18.7 Å². The second-order valence-corrected chi connectivity index (χ2v) is 7.50. The SMILES string of the molecule is COc1ccc(NC(=O)c2cc(-c3ccco3)nc3c2cnn3C(C)C)cc1NC(C)=O. The highest BCUT2D eigenvalue weighted by Crippen LogP contribution is 2.30. The standard InChI is InChI=1S/C23H23N5O4/c1-13(2)28-22-17(12-24-28)16(11-19(27-22)21-6-5-9-32-21)23(30)26-15-7-8-20(31-4)18(10-15)25-14(3)29/h5-13H,1-4H3,(H,25,29)(H,26,30). The molecular weight excluding hydrogens is 410 g/mol. The van der Waals surface area contributed by atoms with E-state index in [1.165, 1.54) is 14.0 Å². The maximum absolute atomic E-state index is 13.3. The number of furan rings is 1. The molecule has 3 aromatic heterocycles. The topological polar surface area (TPSA) is 111 Å². The van der Waals surface area contributed by atoms with Crippen LogP contribution in [0.2, 0.25) is 0 Å². The molecule has 164 valence electrons. The highest BCUT2D eigenvalue weighted by Gasteiger charge is 2.20. The predicted octanol–water partition coefficient (Wildman–Crippen LogP) is 4.49. The number of aromatic nitrogens is 3. The van der Waals surface area contributed by atoms with Crippen molar-refractivity contribution in [3.05, 3.63) is 54.4 Å². The van der Waals surface area contributed by atoms with Gasteiger partial charge in [-0.2, -0.15) is 5.10 Å². The second kappa shape index (κ2) is 8.54. The van der Waals surface area contributed by atoms with Crippen molar-refractivity contribution in [1.29, 1.82) is 0 Å². The number of hydrogen-bond acceptors (Lipinski definition) is 6. The van der Waals surface area contributed by atoms with E-state index in [4.69, 9.17) is 9.15 Å². The number of carbonyl (C=O) groups is 2. The summed E-state index contributed by atoms with van der Waals surface area (Å²) in [5, 5.41) is 10.6. The molecule has 0 atom stereocenters. The van der Waals surface area contributed by atoms with Gasteiger partial charge in [-0.3, -0.25) is 9.59 Å². The van der Waals surface area contributed by atoms with E-state index in [1.807, 2.05) is 13.8 Å². The van der Waals surface area contributed by atoms with Gasteiger partial charge in [0.1, 0.15) is 11.4 Å². The Labute approximate surface area is 184 Å². The fourth-order valence-electron chi connectivity index (χ4n) is 3.41. The molecule has 0 unspecified atom stereocenters. The molecule has 32 heavy (non-hydrogen) atoms. The Bertz CT molecular complexity index is 1290. The first-order valence-corrected chi connectivity index (χ1v) is 10.1. The average Bonchev–Trinajstić information content (AvgIpc) is 3.42. The van der Waals surface area contributed by atoms with Crippen LogP contribution >= 0.6 is 0 Å². The van der Waals surface area contributed by atoms with Crippen molar-refractivity contribution in [2.24, 2.45) is 0 Å². The number of rotatable bonds is 6. The van der Waals surface area contributed by atoms with Gasteiger partial charge in [0.05, 0.1) is 36.2 Å². The molecule has 4 rings (SSSR count). The van der Waals surface area contributed by atoms with Crippen molar-refractivity contribution in [2.45, 2.75) is 26.8 Å². The van der Waals surface area contributed by atoms with Gasteiger partial charge in [0.25, 0.3) is 5.91 Å². The van der Waals surface area contributed by atoms with E-state index in [9.17, 15) is 9.59 Å². The minimum absolute atomic E-state index is 0.0598. The van der Waals surface area contributed by atoms with Crippen molar-refractivity contribution in [3.63, 3.8) is 0 Å². The van der Waals surface area contributed by atoms with Gasteiger partial charge in [-0.1, -0.05) is 0 Å². The van der Waals surface area contributed by atoms with Crippen LogP contribution in [0.25, 0.3) is 22.5 Å². The molecular formula is C23H23N5O4. The molecule has 0 aliphatic rings. The lowest BCUT2D eigenvalue weighted by atomic mass is 10.1. The third kappa shape index (κ3) is 4.04. The lowest BCUT2D eigenvalue weighted by molar-refractivity contribution is -0.114. The third-order valence-electron chi connectivity index (χ3n) is 4.84. The number of fused-ring (bicyclic) bond motifs is 1. The number of ether oxygens (including phenoxy) is 1. The van der Waals surface area contributed by atoms with Gasteiger partial charge in [0.15, 0.2) is 11.4 Å². The van der Waals surface area contributed by atoms with Crippen LogP contribution in [0, 0.1) is 0 Å². The van der Waals surface area contributed by atoms with E-state index in [-0.39, 0.29) is 17.9 Å². The molecule has 0 aliphatic carbocycles. The molecule has 0 fully saturated rings. The first kappa shape index (κ1) is 21.1. The zero-order chi connectivity index (χ0) is 22.8. The van der Waals surface area contributed by atoms with Crippen molar-refractivity contribution < 1.29 is 18.7 Å². The number of pyridine rings is 1. The van der Waals surface area contributed by atoms with E-state index in [0.29, 0.717) is 45.2 Å². The molecule has 0 bridgehead atoms. The van der Waals surface area contributed by atoms with Gasteiger partial charge in [-0.15, -0.1) is 0 Å². The van der Waals surface area contributed by atoms with Crippen LogP contribution in [0.1, 0.15) is 37.2 Å². The second-order valence-electron chi connectivity index (χ2n) is 7.50. The smallest absolute Gasteiger partial charge is 0.256 e. The summed E-state index contributed by atoms with van der Waals surface area (Å²) in [7, 11) is 1.51. The Morgan fingerprint density at radius 2 is 1.97 bits per heavy atom. The molecule has 0 radical (unpaired) electrons. The summed E-state index contributed by atoms with van der Waals surface area (Å²) in [5.74, 6) is 0.455. The Balaban J connectivity index is 1.76. The van der Waals surface area contributed by atoms with Crippen molar-refractivity contribution >= 4 is 34.2 Å². The highest BCUT2D eigenvalue weighted by molar-refractivity contribution is 6.12. The number of anilines is 2. The van der Waals surface area contributed by atoms with E-state index < -0.39 is 0 Å². The van der Waals surface area contributed by atoms with Gasteiger partial charge >= 0.3 is 0 Å². The number of benzene rings is 1. The Morgan fingerprint density at radius 1 is 1.16 bits per heavy atom. The summed E-state index contributed by atoms with van der Waals surface area (Å²) in [6, 6.07) is 10.3. The maximum atomic E-state index is 13.3. The molecule has 2 N–H and O–H groups in total. The van der Waals surface area contributed by atoms with Crippen molar-refractivity contribution in [1.82, 2.24) is 14.8 Å². The molecule has 2 amide bonds. The quantitative estimate of drug-likeness (QED) is 0.463. The monoisotopic (exact) mass is 433 g/mol. The summed E-state index contributed by atoms with van der Waals surface area (Å²) >= 11 is 0. The van der Waals surface area contributed by atoms with Gasteiger partial charge in [-0.05, 0) is 50.2 Å². The number of amides is 2. The zero-order valence-electron chi connectivity index (χ0n) is 18.2. The summed E-state index contributed by atoms with van der Waals surface area (Å²) in [6.45, 7) is 5.39. The molecule has 0 aliphatic heterocycles. The number of nitrogens with zero attached hydrogens (tertiary/aromatic N) is 3. The minimum Gasteiger partial charge on any atom is -0.495 e. The highest BCUT2D eigenvalue weighted by atomic mass is 16.5. The molecule has 1 aromatic carbocycles. The number of methoxy groups -OCH3 is 1. The van der Waals surface area contributed by atoms with Gasteiger partial charge in [-0.25, -0.2) is 9.67 Å². The van der Waals surface area contributed by atoms with Gasteiger partial charge in [0.2, 0.25) is 5.91 Å². The van der Waals surface area contributed by atoms with Crippen LogP contribution in [0.4, 0.5) is 11.4 Å². The molecule has 9 nitrogen and oxygen atoms in total. The Morgan fingerprint density at radius 3 is 2.62 bits per heavy atom. The minimum atomic E-state index is -0.340. The molecule has 0 saturated carbocycles. The van der Waals surface area contributed by atoms with Crippen LogP contribution in [-0.2, 0) is 4.79 Å². The van der Waals surface area contributed by atoms with E-state index in [1.54, 1.807) is 53.5 Å².